The van der Waals surface area contributed by atoms with E-state index in [9.17, 15) is 39.6 Å². The Balaban J connectivity index is 1.79. The Kier molecular flexibility index (Phi) is 17.0. The zero-order valence-corrected chi connectivity index (χ0v) is 35.4. The molecule has 1 amide bonds. The van der Waals surface area contributed by atoms with Crippen molar-refractivity contribution in [3.05, 3.63) is 23.3 Å². The van der Waals surface area contributed by atoms with Crippen LogP contribution in [-0.2, 0) is 42.9 Å². The van der Waals surface area contributed by atoms with Crippen molar-refractivity contribution in [3.8, 4) is 0 Å². The Bertz CT molecular complexity index is 1470. The smallest absolute Gasteiger partial charge is 0.329 e. The molecule has 0 aromatic carbocycles. The van der Waals surface area contributed by atoms with Gasteiger partial charge in [-0.25, -0.2) is 4.79 Å². The van der Waals surface area contributed by atoms with Crippen molar-refractivity contribution < 1.29 is 63.3 Å². The van der Waals surface area contributed by atoms with Crippen molar-refractivity contribution in [2.24, 2.45) is 29.6 Å². The minimum atomic E-state index is -2.57. The number of ether oxygens (including phenoxy) is 5. The molecule has 15 atom stereocenters. The summed E-state index contributed by atoms with van der Waals surface area (Å²) in [7, 11) is 4.49. The van der Waals surface area contributed by atoms with Gasteiger partial charge in [0.15, 0.2) is 0 Å². The number of nitrogens with zero attached hydrogens (tertiary/aromatic N) is 1. The maximum absolute atomic E-state index is 14.3. The number of fused-ring (bicyclic) bond motifs is 3. The molecular formula is C43H69NO13. The van der Waals surface area contributed by atoms with Crippen LogP contribution in [0, 0.1) is 29.6 Å². The number of rotatable bonds is 6. The molecule has 14 heteroatoms. The van der Waals surface area contributed by atoms with E-state index < -0.39 is 95.9 Å². The average molecular weight is 808 g/mol. The van der Waals surface area contributed by atoms with Gasteiger partial charge in [-0.1, -0.05) is 39.8 Å². The third-order valence-electron chi connectivity index (χ3n) is 13.2. The molecule has 1 saturated carbocycles. The van der Waals surface area contributed by atoms with Gasteiger partial charge >= 0.3 is 5.97 Å². The van der Waals surface area contributed by atoms with E-state index in [2.05, 4.69) is 0 Å². The summed E-state index contributed by atoms with van der Waals surface area (Å²) in [6, 6.07) is -1.16. The highest BCUT2D eigenvalue weighted by molar-refractivity contribution is 6.39. The average Bonchev–Trinajstić information content (AvgIpc) is 3.20. The zero-order chi connectivity index (χ0) is 42.4. The van der Waals surface area contributed by atoms with Gasteiger partial charge < -0.3 is 49.0 Å². The molecule has 0 spiro atoms. The van der Waals surface area contributed by atoms with Crippen molar-refractivity contribution in [3.63, 3.8) is 0 Å². The quantitative estimate of drug-likeness (QED) is 0.173. The normalized spacial score (nSPS) is 42.4. The predicted octanol–water partition coefficient (Wildman–Crippen LogP) is 3.44. The van der Waals surface area contributed by atoms with Crippen LogP contribution in [0.25, 0.3) is 0 Å². The van der Waals surface area contributed by atoms with Gasteiger partial charge in [-0.3, -0.25) is 14.4 Å². The number of aliphatic hydroxyl groups is 4. The highest BCUT2D eigenvalue weighted by atomic mass is 16.7. The molecule has 0 radical (unpaired) electrons. The number of esters is 1. The topological polar surface area (TPSA) is 199 Å². The van der Waals surface area contributed by atoms with Crippen LogP contribution in [0.15, 0.2) is 23.3 Å². The van der Waals surface area contributed by atoms with Gasteiger partial charge in [0, 0.05) is 52.0 Å². The van der Waals surface area contributed by atoms with Crippen LogP contribution in [-0.4, -0.2) is 137 Å². The summed E-state index contributed by atoms with van der Waals surface area (Å²) in [4.78, 5) is 57.7. The number of hydrogen-bond donors (Lipinski definition) is 4. The lowest BCUT2D eigenvalue weighted by Gasteiger charge is -2.47. The summed E-state index contributed by atoms with van der Waals surface area (Å²) in [5.74, 6) is -8.59. The minimum absolute atomic E-state index is 0.0255. The Hall–Kier alpha value is -2.56. The first kappa shape index (κ1) is 47.1. The van der Waals surface area contributed by atoms with Gasteiger partial charge in [0.2, 0.25) is 5.79 Å². The van der Waals surface area contributed by atoms with E-state index in [-0.39, 0.29) is 50.0 Å². The van der Waals surface area contributed by atoms with E-state index in [1.165, 1.54) is 14.2 Å². The molecule has 3 fully saturated rings. The molecule has 2 saturated heterocycles. The van der Waals surface area contributed by atoms with Crippen LogP contribution >= 0.6 is 0 Å². The summed E-state index contributed by atoms with van der Waals surface area (Å²) in [6.45, 7) is 10.6. The molecule has 3 heterocycles. The van der Waals surface area contributed by atoms with Gasteiger partial charge in [0.1, 0.15) is 24.0 Å². The number of carbonyl (C=O) groups excluding carboxylic acids is 4. The molecule has 57 heavy (non-hydrogen) atoms. The lowest BCUT2D eigenvalue weighted by molar-refractivity contribution is -0.302. The first-order valence-corrected chi connectivity index (χ1v) is 20.9. The molecule has 14 nitrogen and oxygen atoms in total. The van der Waals surface area contributed by atoms with Crippen LogP contribution < -0.4 is 0 Å². The summed E-state index contributed by atoms with van der Waals surface area (Å²) in [5.41, 5.74) is 1.19. The lowest BCUT2D eigenvalue weighted by atomic mass is 9.81. The Labute approximate surface area is 338 Å². The fourth-order valence-corrected chi connectivity index (χ4v) is 9.31. The highest BCUT2D eigenvalue weighted by Gasteiger charge is 2.56. The highest BCUT2D eigenvalue weighted by Crippen LogP contribution is 2.39. The van der Waals surface area contributed by atoms with E-state index >= 15 is 0 Å². The van der Waals surface area contributed by atoms with Crippen molar-refractivity contribution in [2.45, 2.75) is 166 Å². The minimum Gasteiger partial charge on any atom is -0.456 e. The summed E-state index contributed by atoms with van der Waals surface area (Å²) < 4.78 is 29.6. The Morgan fingerprint density at radius 2 is 1.56 bits per heavy atom. The van der Waals surface area contributed by atoms with Crippen LogP contribution in [0.4, 0.5) is 0 Å². The molecule has 324 valence electrons. The second-order valence-corrected chi connectivity index (χ2v) is 17.2. The van der Waals surface area contributed by atoms with E-state index in [1.54, 1.807) is 40.9 Å². The first-order chi connectivity index (χ1) is 26.9. The number of methoxy groups -OCH3 is 3. The summed E-state index contributed by atoms with van der Waals surface area (Å²) in [6.07, 6.45) is 0.618. The number of carbonyl (C=O) groups is 4. The van der Waals surface area contributed by atoms with Crippen molar-refractivity contribution in [1.82, 2.24) is 4.90 Å². The predicted molar refractivity (Wildman–Crippen MR) is 209 cm³/mol. The Morgan fingerprint density at radius 3 is 2.19 bits per heavy atom. The molecule has 4 rings (SSSR count). The number of amides is 1. The van der Waals surface area contributed by atoms with E-state index in [1.807, 2.05) is 19.9 Å². The molecule has 1 aliphatic carbocycles. The number of aliphatic hydroxyl groups excluding tert-OH is 3. The van der Waals surface area contributed by atoms with Crippen molar-refractivity contribution >= 4 is 23.4 Å². The van der Waals surface area contributed by atoms with E-state index in [4.69, 9.17) is 23.7 Å². The van der Waals surface area contributed by atoms with Crippen LogP contribution in [0.1, 0.15) is 106 Å². The number of cyclic esters (lactones) is 1. The number of hydrogen-bond acceptors (Lipinski definition) is 13. The lowest BCUT2D eigenvalue weighted by Crippen LogP contribution is -2.64. The number of ketones is 2. The van der Waals surface area contributed by atoms with Crippen LogP contribution in [0.3, 0.4) is 0 Å². The second kappa shape index (κ2) is 20.6. The van der Waals surface area contributed by atoms with Crippen LogP contribution in [0.2, 0.25) is 0 Å². The fourth-order valence-electron chi connectivity index (χ4n) is 9.31. The molecule has 2 bridgehead atoms. The molecular weight excluding hydrogens is 738 g/mol. The third-order valence-corrected chi connectivity index (χ3v) is 13.2. The molecule has 3 aliphatic heterocycles. The molecule has 4 N–H and O–H groups in total. The van der Waals surface area contributed by atoms with Crippen LogP contribution in [0.5, 0.6) is 0 Å². The number of piperidine rings is 1. The standard InChI is InChI=1S/C43H69NO13/c1-10-29-18-23(2)37(48)24(3)19-35(54-8)39-36(55-9)20-26(5)43(52,57-39)40(49)41(50)44-16-12-11-13-30(44)42(51)56-38(27(6)32(46)22-33(29)47)25(4)17-28-14-15-31(45)34(21-28)53-7/h17-18,24,26-32,34-39,45-46,48,52H,10-16,19-22H2,1-9H3/b23-18+,25-17+/t24-,26-,27+,28+,29-,30+,31-,32+,34-,35+,36+,37-,38-,39-,43-/m1/s1. The van der Waals surface area contributed by atoms with Gasteiger partial charge in [0.05, 0.1) is 36.6 Å². The maximum Gasteiger partial charge on any atom is 0.329 e. The Morgan fingerprint density at radius 1 is 0.912 bits per heavy atom. The SMILES string of the molecule is CC[C@@H]1/C=C(\C)[C@@H](O)[C@H](C)C[C@H](OC)[C@H]2O[C@@](O)(C(=O)C(=O)N3CCCC[C@H]3C(=O)O[C@H](/C(C)=C/[C@@H]3CC[C@@H](O)[C@H](OC)C3)[C@@H](C)[C@@H](O)CC1=O)[C@H](C)C[C@@H]2OC. The molecule has 0 aromatic heterocycles. The largest absolute Gasteiger partial charge is 0.456 e. The molecule has 4 aliphatic rings. The van der Waals surface area contributed by atoms with Gasteiger partial charge in [-0.15, -0.1) is 0 Å². The van der Waals surface area contributed by atoms with Crippen molar-refractivity contribution in [2.75, 3.05) is 27.9 Å². The fraction of sp³-hybridized carbons (Fsp3) is 0.814. The van der Waals surface area contributed by atoms with Crippen molar-refractivity contribution in [1.29, 1.82) is 0 Å². The second-order valence-electron chi connectivity index (χ2n) is 17.2. The van der Waals surface area contributed by atoms with Gasteiger partial charge in [-0.05, 0) is 94.6 Å². The molecule has 0 unspecified atom stereocenters. The monoisotopic (exact) mass is 807 g/mol. The zero-order valence-electron chi connectivity index (χ0n) is 35.4. The number of allylic oxidation sites excluding steroid dienone is 2. The molecule has 0 aromatic rings. The first-order valence-electron chi connectivity index (χ1n) is 20.9. The maximum atomic E-state index is 14.3. The van der Waals surface area contributed by atoms with E-state index in [0.717, 1.165) is 4.90 Å². The third kappa shape index (κ3) is 10.8. The summed E-state index contributed by atoms with van der Waals surface area (Å²) >= 11 is 0. The van der Waals surface area contributed by atoms with Gasteiger partial charge in [-0.2, -0.15) is 0 Å². The summed E-state index contributed by atoms with van der Waals surface area (Å²) in [5, 5.41) is 45.6. The van der Waals surface area contributed by atoms with E-state index in [0.29, 0.717) is 49.7 Å². The number of Topliss-reactive ketones (excluding diaryl/α,β-unsaturated/α-hetero) is 2. The van der Waals surface area contributed by atoms with Gasteiger partial charge in [0.25, 0.3) is 11.7 Å².